The van der Waals surface area contributed by atoms with Crippen LogP contribution in [0.4, 0.5) is 0 Å². The molecule has 17 heavy (non-hydrogen) atoms. The van der Waals surface area contributed by atoms with Crippen molar-refractivity contribution in [3.63, 3.8) is 0 Å². The van der Waals surface area contributed by atoms with Gasteiger partial charge in [-0.1, -0.05) is 23.7 Å². The minimum absolute atomic E-state index is 0.106. The average Bonchev–Trinajstić information content (AvgIpc) is 2.37. The molecule has 0 bridgehead atoms. The van der Waals surface area contributed by atoms with Crippen LogP contribution in [-0.4, -0.2) is 13.7 Å². The van der Waals surface area contributed by atoms with E-state index in [9.17, 15) is 0 Å². The van der Waals surface area contributed by atoms with Crippen LogP contribution in [0.5, 0.6) is 0 Å². The lowest BCUT2D eigenvalue weighted by Gasteiger charge is -2.25. The first-order valence-electron chi connectivity index (χ1n) is 5.99. The summed E-state index contributed by atoms with van der Waals surface area (Å²) in [5.41, 5.74) is 2.30. The summed E-state index contributed by atoms with van der Waals surface area (Å²) in [7, 11) is 1.95. The number of hydrogen-bond acceptors (Lipinski definition) is 2. The Labute approximate surface area is 108 Å². The van der Waals surface area contributed by atoms with E-state index in [-0.39, 0.29) is 6.04 Å². The van der Waals surface area contributed by atoms with Crippen LogP contribution in [0.1, 0.15) is 30.0 Å². The smallest absolute Gasteiger partial charge is 0.113 e. The molecule has 3 heteroatoms. The van der Waals surface area contributed by atoms with Crippen molar-refractivity contribution < 1.29 is 4.74 Å². The van der Waals surface area contributed by atoms with E-state index in [1.54, 1.807) is 0 Å². The fourth-order valence-electron chi connectivity index (χ4n) is 2.17. The topological polar surface area (TPSA) is 21.3 Å². The summed E-state index contributed by atoms with van der Waals surface area (Å²) in [6.45, 7) is 2.86. The monoisotopic (exact) mass is 251 g/mol. The van der Waals surface area contributed by atoms with Crippen LogP contribution in [0.3, 0.4) is 0 Å². The summed E-state index contributed by atoms with van der Waals surface area (Å²) in [4.78, 5) is 0. The first-order chi connectivity index (χ1) is 8.24. The number of ether oxygens (including phenoxy) is 1. The molecule has 1 aliphatic heterocycles. The van der Waals surface area contributed by atoms with Gasteiger partial charge >= 0.3 is 0 Å². The zero-order valence-electron chi connectivity index (χ0n) is 10.3. The maximum absolute atomic E-state index is 6.17. The van der Waals surface area contributed by atoms with Gasteiger partial charge in [-0.05, 0) is 50.1 Å². The predicted octanol–water partition coefficient (Wildman–Crippen LogP) is 3.60. The number of halogens is 1. The zero-order valence-corrected chi connectivity index (χ0v) is 11.1. The normalized spacial score (nSPS) is 17.2. The first-order valence-corrected chi connectivity index (χ1v) is 6.37. The third-order valence-electron chi connectivity index (χ3n) is 3.16. The van der Waals surface area contributed by atoms with Gasteiger partial charge in [-0.15, -0.1) is 0 Å². The molecule has 1 aromatic carbocycles. The number of likely N-dealkylation sites (N-methyl/N-ethyl adjacent to an activating group) is 1. The minimum atomic E-state index is 0.106. The van der Waals surface area contributed by atoms with Crippen LogP contribution in [-0.2, 0) is 4.74 Å². The summed E-state index contributed by atoms with van der Waals surface area (Å²) in [6, 6.07) is 6.11. The van der Waals surface area contributed by atoms with Crippen molar-refractivity contribution in [3.05, 3.63) is 46.2 Å². The molecule has 0 saturated carbocycles. The Morgan fingerprint density at radius 2 is 2.24 bits per heavy atom. The molecular weight excluding hydrogens is 234 g/mol. The van der Waals surface area contributed by atoms with Crippen LogP contribution in [0.15, 0.2) is 30.0 Å². The van der Waals surface area contributed by atoms with E-state index in [1.165, 1.54) is 5.56 Å². The molecule has 1 unspecified atom stereocenters. The van der Waals surface area contributed by atoms with Crippen LogP contribution >= 0.6 is 11.6 Å². The molecule has 0 fully saturated rings. The number of rotatable bonds is 3. The Morgan fingerprint density at radius 1 is 1.41 bits per heavy atom. The van der Waals surface area contributed by atoms with Gasteiger partial charge < -0.3 is 10.1 Å². The second-order valence-electron chi connectivity index (χ2n) is 4.27. The Balaban J connectivity index is 2.34. The number of allylic oxidation sites excluding steroid dienone is 1. The highest BCUT2D eigenvalue weighted by atomic mass is 35.5. The van der Waals surface area contributed by atoms with Crippen LogP contribution < -0.4 is 5.32 Å². The van der Waals surface area contributed by atoms with Gasteiger partial charge in [-0.2, -0.15) is 0 Å². The fourth-order valence-corrected chi connectivity index (χ4v) is 2.35. The van der Waals surface area contributed by atoms with Crippen molar-refractivity contribution in [2.45, 2.75) is 25.8 Å². The molecule has 0 aliphatic carbocycles. The molecule has 92 valence electrons. The number of hydrogen-bond donors (Lipinski definition) is 1. The molecule has 0 amide bonds. The number of nitrogens with one attached hydrogen (secondary N) is 1. The summed E-state index contributed by atoms with van der Waals surface area (Å²) < 4.78 is 5.74. The predicted molar refractivity (Wildman–Crippen MR) is 71.3 cm³/mol. The van der Waals surface area contributed by atoms with E-state index >= 15 is 0 Å². The average molecular weight is 252 g/mol. The quantitative estimate of drug-likeness (QED) is 0.886. The third-order valence-corrected chi connectivity index (χ3v) is 3.57. The largest absolute Gasteiger partial charge is 0.496 e. The Morgan fingerprint density at radius 3 is 2.88 bits per heavy atom. The Kier molecular flexibility index (Phi) is 4.08. The highest BCUT2D eigenvalue weighted by Gasteiger charge is 2.20. The lowest BCUT2D eigenvalue weighted by Crippen LogP contribution is -2.22. The van der Waals surface area contributed by atoms with Crippen molar-refractivity contribution >= 4 is 11.6 Å². The second kappa shape index (κ2) is 5.56. The lowest BCUT2D eigenvalue weighted by atomic mass is 9.98. The van der Waals surface area contributed by atoms with Gasteiger partial charge in [0.1, 0.15) is 5.76 Å². The molecule has 0 saturated heterocycles. The van der Waals surface area contributed by atoms with E-state index in [1.807, 2.05) is 26.1 Å². The van der Waals surface area contributed by atoms with Crippen molar-refractivity contribution in [1.29, 1.82) is 0 Å². The Bertz CT molecular complexity index is 428. The summed E-state index contributed by atoms with van der Waals surface area (Å²) in [6.07, 6.45) is 4.37. The molecule has 0 radical (unpaired) electrons. The van der Waals surface area contributed by atoms with Crippen molar-refractivity contribution in [2.24, 2.45) is 0 Å². The van der Waals surface area contributed by atoms with Gasteiger partial charge in [0.15, 0.2) is 0 Å². The standard InChI is InChI=1S/C14H18ClNO/c1-10-11(6-5-7-12(10)15)14(16-2)13-8-3-4-9-17-13/h5-8,14,16H,3-4,9H2,1-2H3. The Hall–Kier alpha value is -0.990. The summed E-state index contributed by atoms with van der Waals surface area (Å²) >= 11 is 6.17. The van der Waals surface area contributed by atoms with Crippen molar-refractivity contribution in [3.8, 4) is 0 Å². The molecular formula is C14H18ClNO. The van der Waals surface area contributed by atoms with E-state index in [0.29, 0.717) is 0 Å². The zero-order chi connectivity index (χ0) is 12.3. The lowest BCUT2D eigenvalue weighted by molar-refractivity contribution is 0.169. The number of benzene rings is 1. The molecule has 1 aliphatic rings. The van der Waals surface area contributed by atoms with E-state index in [0.717, 1.165) is 35.8 Å². The molecule has 1 atom stereocenters. The van der Waals surface area contributed by atoms with Crippen LogP contribution in [0, 0.1) is 6.92 Å². The molecule has 1 aromatic rings. The van der Waals surface area contributed by atoms with Crippen molar-refractivity contribution in [1.82, 2.24) is 5.32 Å². The fraction of sp³-hybridized carbons (Fsp3) is 0.429. The van der Waals surface area contributed by atoms with Gasteiger partial charge in [-0.3, -0.25) is 0 Å². The minimum Gasteiger partial charge on any atom is -0.496 e. The van der Waals surface area contributed by atoms with Crippen LogP contribution in [0.25, 0.3) is 0 Å². The molecule has 2 rings (SSSR count). The van der Waals surface area contributed by atoms with E-state index in [2.05, 4.69) is 17.5 Å². The molecule has 1 heterocycles. The first kappa shape index (κ1) is 12.5. The molecule has 2 nitrogen and oxygen atoms in total. The van der Waals surface area contributed by atoms with Crippen LogP contribution in [0.2, 0.25) is 5.02 Å². The van der Waals surface area contributed by atoms with E-state index in [4.69, 9.17) is 16.3 Å². The highest BCUT2D eigenvalue weighted by Crippen LogP contribution is 2.30. The van der Waals surface area contributed by atoms with Gasteiger partial charge in [0.25, 0.3) is 0 Å². The maximum Gasteiger partial charge on any atom is 0.113 e. The maximum atomic E-state index is 6.17. The van der Waals surface area contributed by atoms with Gasteiger partial charge in [0.05, 0.1) is 12.6 Å². The van der Waals surface area contributed by atoms with Gasteiger partial charge in [0, 0.05) is 5.02 Å². The molecule has 1 N–H and O–H groups in total. The molecule has 0 spiro atoms. The molecule has 0 aromatic heterocycles. The summed E-state index contributed by atoms with van der Waals surface area (Å²) in [5, 5.41) is 4.11. The second-order valence-corrected chi connectivity index (χ2v) is 4.68. The van der Waals surface area contributed by atoms with Crippen molar-refractivity contribution in [2.75, 3.05) is 13.7 Å². The highest BCUT2D eigenvalue weighted by molar-refractivity contribution is 6.31. The van der Waals surface area contributed by atoms with Gasteiger partial charge in [0.2, 0.25) is 0 Å². The third kappa shape index (κ3) is 2.64. The summed E-state index contributed by atoms with van der Waals surface area (Å²) in [5.74, 6) is 1.02. The van der Waals surface area contributed by atoms with E-state index < -0.39 is 0 Å². The van der Waals surface area contributed by atoms with Gasteiger partial charge in [-0.25, -0.2) is 0 Å². The SMILES string of the molecule is CNC(C1=CCCCO1)c1cccc(Cl)c1C.